The van der Waals surface area contributed by atoms with E-state index in [2.05, 4.69) is 0 Å². The van der Waals surface area contributed by atoms with Gasteiger partial charge in [0.15, 0.2) is 6.29 Å². The van der Waals surface area contributed by atoms with E-state index < -0.39 is 6.29 Å². The molecule has 1 saturated heterocycles. The highest BCUT2D eigenvalue weighted by Gasteiger charge is 2.45. The Hall–Kier alpha value is -0.240. The lowest BCUT2D eigenvalue weighted by molar-refractivity contribution is -0.268. The Bertz CT molecular complexity index is 216. The lowest BCUT2D eigenvalue weighted by Crippen LogP contribution is -2.63. The van der Waals surface area contributed by atoms with Gasteiger partial charge in [0.05, 0.1) is 12.6 Å². The van der Waals surface area contributed by atoms with Gasteiger partial charge in [0.25, 0.3) is 0 Å². The molecule has 0 bridgehead atoms. The van der Waals surface area contributed by atoms with Crippen LogP contribution in [0.5, 0.6) is 0 Å². The summed E-state index contributed by atoms with van der Waals surface area (Å²) < 4.78 is 27.1. The van der Waals surface area contributed by atoms with Crippen LogP contribution in [0.2, 0.25) is 0 Å². The summed E-state index contributed by atoms with van der Waals surface area (Å²) in [7, 11) is 4.77. The van der Waals surface area contributed by atoms with E-state index in [1.54, 1.807) is 21.3 Å². The first kappa shape index (κ1) is 14.8. The molecule has 0 amide bonds. The first-order valence-corrected chi connectivity index (χ1v) is 5.76. The molecule has 1 aliphatic heterocycles. The maximum absolute atomic E-state index is 6.01. The van der Waals surface area contributed by atoms with Crippen molar-refractivity contribution in [2.75, 3.05) is 34.5 Å². The zero-order valence-corrected chi connectivity index (χ0v) is 10.9. The van der Waals surface area contributed by atoms with Gasteiger partial charge in [-0.05, 0) is 6.92 Å². The Labute approximate surface area is 102 Å². The summed E-state index contributed by atoms with van der Waals surface area (Å²) in [5.41, 5.74) is 6.01. The van der Waals surface area contributed by atoms with Gasteiger partial charge >= 0.3 is 0 Å². The maximum atomic E-state index is 6.01. The third-order valence-corrected chi connectivity index (χ3v) is 2.96. The van der Waals surface area contributed by atoms with E-state index in [1.165, 1.54) is 0 Å². The summed E-state index contributed by atoms with van der Waals surface area (Å²) in [4.78, 5) is 0. The van der Waals surface area contributed by atoms with Crippen LogP contribution in [0.3, 0.4) is 0 Å². The number of nitrogens with two attached hydrogens (primary N) is 1. The fourth-order valence-electron chi connectivity index (χ4n) is 2.08. The zero-order valence-electron chi connectivity index (χ0n) is 10.9. The van der Waals surface area contributed by atoms with Crippen molar-refractivity contribution in [3.8, 4) is 0 Å². The molecule has 6 nitrogen and oxygen atoms in total. The minimum atomic E-state index is -0.503. The fraction of sp³-hybridized carbons (Fsp3) is 1.00. The van der Waals surface area contributed by atoms with Crippen molar-refractivity contribution in [3.63, 3.8) is 0 Å². The Morgan fingerprint density at radius 2 is 1.71 bits per heavy atom. The second kappa shape index (κ2) is 7.25. The first-order chi connectivity index (χ1) is 8.19. The highest BCUT2D eigenvalue weighted by Crippen LogP contribution is 2.24. The SMILES string of the molecule is CCOC[C@H]1OC(OC)[C@H](N)[C@@H](OC)[C@@H]1OC. The van der Waals surface area contributed by atoms with E-state index >= 15 is 0 Å². The van der Waals surface area contributed by atoms with Gasteiger partial charge in [-0.3, -0.25) is 0 Å². The standard InChI is InChI=1S/C11H23NO5/c1-5-16-6-7-9(13-2)10(14-3)8(12)11(15-4)17-7/h7-11H,5-6,12H2,1-4H3/t7-,8-,9-,10-,11?/m1/s1. The van der Waals surface area contributed by atoms with Crippen molar-refractivity contribution in [1.29, 1.82) is 0 Å². The number of rotatable bonds is 6. The predicted molar refractivity (Wildman–Crippen MR) is 61.7 cm³/mol. The van der Waals surface area contributed by atoms with Crippen molar-refractivity contribution in [2.45, 2.75) is 37.6 Å². The van der Waals surface area contributed by atoms with Crippen molar-refractivity contribution >= 4 is 0 Å². The summed E-state index contributed by atoms with van der Waals surface area (Å²) in [6.07, 6.45) is -1.27. The topological polar surface area (TPSA) is 72.2 Å². The third kappa shape index (κ3) is 3.37. The van der Waals surface area contributed by atoms with Gasteiger partial charge in [-0.15, -0.1) is 0 Å². The van der Waals surface area contributed by atoms with Gasteiger partial charge < -0.3 is 29.4 Å². The smallest absolute Gasteiger partial charge is 0.175 e. The van der Waals surface area contributed by atoms with E-state index in [-0.39, 0.29) is 24.4 Å². The summed E-state index contributed by atoms with van der Waals surface area (Å²) in [6.45, 7) is 2.98. The number of hydrogen-bond donors (Lipinski definition) is 1. The molecule has 0 aromatic carbocycles. The number of methoxy groups -OCH3 is 3. The zero-order chi connectivity index (χ0) is 12.8. The molecule has 0 aliphatic carbocycles. The summed E-state index contributed by atoms with van der Waals surface area (Å²) in [5, 5.41) is 0. The molecule has 17 heavy (non-hydrogen) atoms. The minimum Gasteiger partial charge on any atom is -0.379 e. The van der Waals surface area contributed by atoms with Crippen LogP contribution in [0.4, 0.5) is 0 Å². The fourth-order valence-corrected chi connectivity index (χ4v) is 2.08. The molecule has 0 aromatic heterocycles. The lowest BCUT2D eigenvalue weighted by Gasteiger charge is -2.43. The lowest BCUT2D eigenvalue weighted by atomic mass is 9.97. The number of hydrogen-bond acceptors (Lipinski definition) is 6. The molecule has 2 N–H and O–H groups in total. The molecule has 0 radical (unpaired) electrons. The van der Waals surface area contributed by atoms with E-state index in [0.717, 1.165) is 0 Å². The Morgan fingerprint density at radius 1 is 1.06 bits per heavy atom. The van der Waals surface area contributed by atoms with Crippen LogP contribution in [0.25, 0.3) is 0 Å². The van der Waals surface area contributed by atoms with E-state index in [1.807, 2.05) is 6.92 Å². The van der Waals surface area contributed by atoms with Crippen LogP contribution in [-0.4, -0.2) is 65.2 Å². The highest BCUT2D eigenvalue weighted by atomic mass is 16.7. The van der Waals surface area contributed by atoms with E-state index in [4.69, 9.17) is 29.4 Å². The minimum absolute atomic E-state index is 0.241. The molecule has 6 heteroatoms. The molecule has 5 atom stereocenters. The van der Waals surface area contributed by atoms with Crippen LogP contribution < -0.4 is 5.73 Å². The van der Waals surface area contributed by atoms with Crippen molar-refractivity contribution in [1.82, 2.24) is 0 Å². The average molecular weight is 249 g/mol. The molecule has 0 saturated carbocycles. The molecule has 102 valence electrons. The molecular weight excluding hydrogens is 226 g/mol. The first-order valence-electron chi connectivity index (χ1n) is 5.76. The van der Waals surface area contributed by atoms with Gasteiger partial charge in [-0.2, -0.15) is 0 Å². The van der Waals surface area contributed by atoms with Crippen molar-refractivity contribution in [3.05, 3.63) is 0 Å². The molecule has 1 aliphatic rings. The van der Waals surface area contributed by atoms with Crippen molar-refractivity contribution < 1.29 is 23.7 Å². The second-order valence-electron chi connectivity index (χ2n) is 3.92. The maximum Gasteiger partial charge on any atom is 0.175 e. The van der Waals surface area contributed by atoms with Gasteiger partial charge in [-0.25, -0.2) is 0 Å². The molecule has 0 spiro atoms. The molecule has 1 fully saturated rings. The normalized spacial score (nSPS) is 38.3. The predicted octanol–water partition coefficient (Wildman–Crippen LogP) is -0.248. The highest BCUT2D eigenvalue weighted by molar-refractivity contribution is 4.93. The largest absolute Gasteiger partial charge is 0.379 e. The van der Waals surface area contributed by atoms with E-state index in [0.29, 0.717) is 13.2 Å². The van der Waals surface area contributed by atoms with Gasteiger partial charge in [-0.1, -0.05) is 0 Å². The van der Waals surface area contributed by atoms with Gasteiger partial charge in [0.1, 0.15) is 18.3 Å². The van der Waals surface area contributed by atoms with Gasteiger partial charge in [0, 0.05) is 27.9 Å². The summed E-state index contributed by atoms with van der Waals surface area (Å²) in [5.74, 6) is 0. The van der Waals surface area contributed by atoms with Crippen LogP contribution in [0.1, 0.15) is 6.92 Å². The van der Waals surface area contributed by atoms with Crippen molar-refractivity contribution in [2.24, 2.45) is 5.73 Å². The van der Waals surface area contributed by atoms with Crippen LogP contribution in [0.15, 0.2) is 0 Å². The molecular formula is C11H23NO5. The molecule has 1 rings (SSSR count). The Balaban J connectivity index is 2.73. The van der Waals surface area contributed by atoms with Gasteiger partial charge in [0.2, 0.25) is 0 Å². The molecule has 1 heterocycles. The Morgan fingerprint density at radius 3 is 2.18 bits per heavy atom. The molecule has 1 unspecified atom stereocenters. The number of ether oxygens (including phenoxy) is 5. The monoisotopic (exact) mass is 249 g/mol. The summed E-state index contributed by atoms with van der Waals surface area (Å²) in [6, 6.07) is -0.382. The molecule has 0 aromatic rings. The van der Waals surface area contributed by atoms with Crippen LogP contribution in [0, 0.1) is 0 Å². The average Bonchev–Trinajstić information content (AvgIpc) is 2.36. The quantitative estimate of drug-likeness (QED) is 0.700. The summed E-state index contributed by atoms with van der Waals surface area (Å²) >= 11 is 0. The Kier molecular flexibility index (Phi) is 6.32. The van der Waals surface area contributed by atoms with Crippen LogP contribution in [-0.2, 0) is 23.7 Å². The van der Waals surface area contributed by atoms with E-state index in [9.17, 15) is 0 Å². The second-order valence-corrected chi connectivity index (χ2v) is 3.92. The third-order valence-electron chi connectivity index (χ3n) is 2.96. The van der Waals surface area contributed by atoms with Crippen LogP contribution >= 0.6 is 0 Å².